The molecule has 0 radical (unpaired) electrons. The van der Waals surface area contributed by atoms with Crippen LogP contribution in [0.25, 0.3) is 0 Å². The minimum atomic E-state index is 0.0993. The zero-order valence-corrected chi connectivity index (χ0v) is 12.1. The van der Waals surface area contributed by atoms with Crippen LogP contribution in [-0.4, -0.2) is 18.2 Å². The van der Waals surface area contributed by atoms with Gasteiger partial charge >= 0.3 is 0 Å². The van der Waals surface area contributed by atoms with Crippen molar-refractivity contribution in [3.05, 3.63) is 48.2 Å². The molecule has 0 aliphatic rings. The van der Waals surface area contributed by atoms with Crippen LogP contribution < -0.4 is 14.8 Å². The second kappa shape index (κ2) is 6.80. The van der Waals surface area contributed by atoms with E-state index in [1.807, 2.05) is 44.2 Å². The van der Waals surface area contributed by atoms with Crippen molar-refractivity contribution >= 4 is 5.69 Å². The molecule has 1 heterocycles. The number of hydrogen-bond donors (Lipinski definition) is 1. The maximum absolute atomic E-state index is 5.68. The van der Waals surface area contributed by atoms with Gasteiger partial charge in [0.2, 0.25) is 5.88 Å². The number of nitrogens with zero attached hydrogens (tertiary/aromatic N) is 1. The van der Waals surface area contributed by atoms with Gasteiger partial charge in [-0.05, 0) is 43.7 Å². The van der Waals surface area contributed by atoms with Gasteiger partial charge in [-0.25, -0.2) is 4.98 Å². The van der Waals surface area contributed by atoms with Crippen LogP contribution in [-0.2, 0) is 6.54 Å². The SMILES string of the molecule is COc1cccc(CNc2cccnc2OC(C)C)c1. The molecule has 1 N–H and O–H groups in total. The van der Waals surface area contributed by atoms with Crippen molar-refractivity contribution in [1.29, 1.82) is 0 Å². The number of anilines is 1. The summed E-state index contributed by atoms with van der Waals surface area (Å²) >= 11 is 0. The molecule has 0 atom stereocenters. The Kier molecular flexibility index (Phi) is 4.82. The molecule has 1 aromatic carbocycles. The van der Waals surface area contributed by atoms with Gasteiger partial charge < -0.3 is 14.8 Å². The summed E-state index contributed by atoms with van der Waals surface area (Å²) in [7, 11) is 1.67. The predicted octanol–water partition coefficient (Wildman–Crippen LogP) is 3.49. The Bertz CT molecular complexity index is 556. The van der Waals surface area contributed by atoms with E-state index in [1.54, 1.807) is 13.3 Å². The lowest BCUT2D eigenvalue weighted by molar-refractivity contribution is 0.234. The molecule has 2 rings (SSSR count). The van der Waals surface area contributed by atoms with E-state index >= 15 is 0 Å². The molecule has 0 amide bonds. The molecule has 1 aromatic heterocycles. The monoisotopic (exact) mass is 272 g/mol. The van der Waals surface area contributed by atoms with Crippen LogP contribution in [0.2, 0.25) is 0 Å². The fourth-order valence-electron chi connectivity index (χ4n) is 1.82. The highest BCUT2D eigenvalue weighted by Gasteiger charge is 2.06. The first-order valence-electron chi connectivity index (χ1n) is 6.67. The highest BCUT2D eigenvalue weighted by molar-refractivity contribution is 5.52. The van der Waals surface area contributed by atoms with E-state index in [9.17, 15) is 0 Å². The Morgan fingerprint density at radius 3 is 2.80 bits per heavy atom. The first kappa shape index (κ1) is 14.2. The van der Waals surface area contributed by atoms with Gasteiger partial charge in [-0.3, -0.25) is 0 Å². The first-order valence-corrected chi connectivity index (χ1v) is 6.67. The number of benzene rings is 1. The highest BCUT2D eigenvalue weighted by Crippen LogP contribution is 2.23. The second-order valence-corrected chi connectivity index (χ2v) is 4.73. The number of ether oxygens (including phenoxy) is 2. The van der Waals surface area contributed by atoms with Gasteiger partial charge in [0.25, 0.3) is 0 Å². The lowest BCUT2D eigenvalue weighted by Gasteiger charge is -2.14. The summed E-state index contributed by atoms with van der Waals surface area (Å²) in [5.74, 6) is 1.49. The van der Waals surface area contributed by atoms with Gasteiger partial charge in [0, 0.05) is 12.7 Å². The zero-order valence-electron chi connectivity index (χ0n) is 12.1. The summed E-state index contributed by atoms with van der Waals surface area (Å²) in [6.07, 6.45) is 1.83. The molecule has 0 aliphatic heterocycles. The van der Waals surface area contributed by atoms with Crippen molar-refractivity contribution in [2.45, 2.75) is 26.5 Å². The Labute approximate surface area is 119 Å². The lowest BCUT2D eigenvalue weighted by atomic mass is 10.2. The summed E-state index contributed by atoms with van der Waals surface area (Å²) in [5, 5.41) is 3.34. The molecule has 4 nitrogen and oxygen atoms in total. The van der Waals surface area contributed by atoms with Crippen LogP contribution >= 0.6 is 0 Å². The summed E-state index contributed by atoms with van der Waals surface area (Å²) in [4.78, 5) is 4.26. The zero-order chi connectivity index (χ0) is 14.4. The highest BCUT2D eigenvalue weighted by atomic mass is 16.5. The van der Waals surface area contributed by atoms with E-state index in [-0.39, 0.29) is 6.10 Å². The predicted molar refractivity (Wildman–Crippen MR) is 80.3 cm³/mol. The maximum atomic E-state index is 5.68. The molecule has 0 saturated heterocycles. The Morgan fingerprint density at radius 2 is 2.05 bits per heavy atom. The van der Waals surface area contributed by atoms with E-state index in [2.05, 4.69) is 16.4 Å². The molecule has 106 valence electrons. The van der Waals surface area contributed by atoms with E-state index < -0.39 is 0 Å². The molecular weight excluding hydrogens is 252 g/mol. The molecular formula is C16H20N2O2. The summed E-state index contributed by atoms with van der Waals surface area (Å²) in [5.41, 5.74) is 2.03. The van der Waals surface area contributed by atoms with Gasteiger partial charge in [0.15, 0.2) is 0 Å². The van der Waals surface area contributed by atoms with Crippen LogP contribution in [0.15, 0.2) is 42.6 Å². The standard InChI is InChI=1S/C16H20N2O2/c1-12(2)20-16-15(8-5-9-17-16)18-11-13-6-4-7-14(10-13)19-3/h4-10,12,18H,11H2,1-3H3. The van der Waals surface area contributed by atoms with Gasteiger partial charge in [-0.1, -0.05) is 12.1 Å². The molecule has 0 fully saturated rings. The number of aromatic nitrogens is 1. The fourth-order valence-corrected chi connectivity index (χ4v) is 1.82. The average Bonchev–Trinajstić information content (AvgIpc) is 2.46. The molecule has 2 aromatic rings. The van der Waals surface area contributed by atoms with Crippen molar-refractivity contribution in [3.8, 4) is 11.6 Å². The summed E-state index contributed by atoms with van der Waals surface area (Å²) in [6.45, 7) is 4.67. The van der Waals surface area contributed by atoms with E-state index in [1.165, 1.54) is 0 Å². The Hall–Kier alpha value is -2.23. The molecule has 0 bridgehead atoms. The minimum Gasteiger partial charge on any atom is -0.497 e. The van der Waals surface area contributed by atoms with Crippen LogP contribution in [0.4, 0.5) is 5.69 Å². The van der Waals surface area contributed by atoms with Crippen molar-refractivity contribution < 1.29 is 9.47 Å². The van der Waals surface area contributed by atoms with Gasteiger partial charge in [-0.15, -0.1) is 0 Å². The van der Waals surface area contributed by atoms with E-state index in [0.29, 0.717) is 12.4 Å². The van der Waals surface area contributed by atoms with Gasteiger partial charge in [-0.2, -0.15) is 0 Å². The van der Waals surface area contributed by atoms with Crippen molar-refractivity contribution in [2.75, 3.05) is 12.4 Å². The minimum absolute atomic E-state index is 0.0993. The average molecular weight is 272 g/mol. The molecule has 0 saturated carbocycles. The largest absolute Gasteiger partial charge is 0.497 e. The third-order valence-corrected chi connectivity index (χ3v) is 2.74. The Balaban J connectivity index is 2.06. The fraction of sp³-hybridized carbons (Fsp3) is 0.312. The quantitative estimate of drug-likeness (QED) is 0.874. The molecule has 20 heavy (non-hydrogen) atoms. The molecule has 0 aliphatic carbocycles. The van der Waals surface area contributed by atoms with Crippen LogP contribution in [0.1, 0.15) is 19.4 Å². The maximum Gasteiger partial charge on any atom is 0.237 e. The van der Waals surface area contributed by atoms with Crippen molar-refractivity contribution in [2.24, 2.45) is 0 Å². The van der Waals surface area contributed by atoms with Crippen molar-refractivity contribution in [3.63, 3.8) is 0 Å². The van der Waals surface area contributed by atoms with Crippen LogP contribution in [0, 0.1) is 0 Å². The third-order valence-electron chi connectivity index (χ3n) is 2.74. The number of nitrogens with one attached hydrogen (secondary N) is 1. The second-order valence-electron chi connectivity index (χ2n) is 4.73. The number of pyridine rings is 1. The van der Waals surface area contributed by atoms with Gasteiger partial charge in [0.1, 0.15) is 5.75 Å². The van der Waals surface area contributed by atoms with E-state index in [0.717, 1.165) is 17.0 Å². The first-order chi connectivity index (χ1) is 9.69. The molecule has 4 heteroatoms. The normalized spacial score (nSPS) is 10.4. The van der Waals surface area contributed by atoms with E-state index in [4.69, 9.17) is 9.47 Å². The number of methoxy groups -OCH3 is 1. The summed E-state index contributed by atoms with van der Waals surface area (Å²) < 4.78 is 10.9. The molecule has 0 spiro atoms. The number of rotatable bonds is 6. The molecule has 0 unspecified atom stereocenters. The number of hydrogen-bond acceptors (Lipinski definition) is 4. The third kappa shape index (κ3) is 3.88. The van der Waals surface area contributed by atoms with Crippen molar-refractivity contribution in [1.82, 2.24) is 4.98 Å². The smallest absolute Gasteiger partial charge is 0.237 e. The lowest BCUT2D eigenvalue weighted by Crippen LogP contribution is -2.10. The Morgan fingerprint density at radius 1 is 1.20 bits per heavy atom. The van der Waals surface area contributed by atoms with Crippen LogP contribution in [0.3, 0.4) is 0 Å². The summed E-state index contributed by atoms with van der Waals surface area (Å²) in [6, 6.07) is 11.8. The van der Waals surface area contributed by atoms with Crippen LogP contribution in [0.5, 0.6) is 11.6 Å². The topological polar surface area (TPSA) is 43.4 Å². The van der Waals surface area contributed by atoms with Gasteiger partial charge in [0.05, 0.1) is 18.9 Å².